The van der Waals surface area contributed by atoms with Crippen molar-refractivity contribution < 1.29 is 9.90 Å². The van der Waals surface area contributed by atoms with Gasteiger partial charge in [0.05, 0.1) is 5.92 Å². The third-order valence-corrected chi connectivity index (χ3v) is 3.76. The smallest absolute Gasteiger partial charge is 0.306 e. The molecular formula is C15H23N3O2. The first-order valence-electron chi connectivity index (χ1n) is 7.30. The summed E-state index contributed by atoms with van der Waals surface area (Å²) in [5, 5.41) is 12.5. The largest absolute Gasteiger partial charge is 0.481 e. The second-order valence-corrected chi connectivity index (χ2v) is 5.95. The molecule has 1 fully saturated rings. The SMILES string of the molecule is Cc1cc(NC2CCCC(C(=O)O)C2)nc(C(C)C)n1. The van der Waals surface area contributed by atoms with Gasteiger partial charge in [-0.3, -0.25) is 4.79 Å². The molecule has 0 saturated heterocycles. The number of aliphatic carboxylic acids is 1. The highest BCUT2D eigenvalue weighted by Crippen LogP contribution is 2.27. The topological polar surface area (TPSA) is 75.1 Å². The Balaban J connectivity index is 2.07. The molecule has 2 N–H and O–H groups in total. The molecule has 1 aromatic heterocycles. The first-order chi connectivity index (χ1) is 9.45. The van der Waals surface area contributed by atoms with Gasteiger partial charge < -0.3 is 10.4 Å². The fourth-order valence-electron chi connectivity index (χ4n) is 2.68. The van der Waals surface area contributed by atoms with Gasteiger partial charge in [0.25, 0.3) is 0 Å². The number of hydrogen-bond acceptors (Lipinski definition) is 4. The molecule has 2 atom stereocenters. The number of nitrogens with one attached hydrogen (secondary N) is 1. The van der Waals surface area contributed by atoms with Crippen LogP contribution in [0.1, 0.15) is 57.0 Å². The maximum absolute atomic E-state index is 11.1. The zero-order valence-corrected chi connectivity index (χ0v) is 12.4. The molecule has 0 aromatic carbocycles. The van der Waals surface area contributed by atoms with Gasteiger partial charge in [-0.2, -0.15) is 0 Å². The molecule has 0 radical (unpaired) electrons. The zero-order valence-electron chi connectivity index (χ0n) is 12.4. The molecule has 5 nitrogen and oxygen atoms in total. The first kappa shape index (κ1) is 14.8. The minimum atomic E-state index is -0.682. The van der Waals surface area contributed by atoms with Gasteiger partial charge in [-0.25, -0.2) is 9.97 Å². The summed E-state index contributed by atoms with van der Waals surface area (Å²) >= 11 is 0. The number of aryl methyl sites for hydroxylation is 1. The molecule has 0 spiro atoms. The Morgan fingerprint density at radius 1 is 1.40 bits per heavy atom. The van der Waals surface area contributed by atoms with Gasteiger partial charge in [-0.05, 0) is 26.2 Å². The maximum Gasteiger partial charge on any atom is 0.306 e. The highest BCUT2D eigenvalue weighted by Gasteiger charge is 2.27. The number of carbonyl (C=O) groups is 1. The fraction of sp³-hybridized carbons (Fsp3) is 0.667. The van der Waals surface area contributed by atoms with Crippen LogP contribution in [0.25, 0.3) is 0 Å². The lowest BCUT2D eigenvalue weighted by molar-refractivity contribution is -0.142. The first-order valence-corrected chi connectivity index (χ1v) is 7.30. The summed E-state index contributed by atoms with van der Waals surface area (Å²) in [6.07, 6.45) is 3.42. The van der Waals surface area contributed by atoms with Crippen LogP contribution in [0.2, 0.25) is 0 Å². The summed E-state index contributed by atoms with van der Waals surface area (Å²) in [6, 6.07) is 2.12. The molecule has 2 unspecified atom stereocenters. The predicted octanol–water partition coefficient (Wildman–Crippen LogP) is 2.96. The minimum absolute atomic E-state index is 0.194. The van der Waals surface area contributed by atoms with Gasteiger partial charge in [0, 0.05) is 23.7 Å². The van der Waals surface area contributed by atoms with Crippen LogP contribution in [0.3, 0.4) is 0 Å². The summed E-state index contributed by atoms with van der Waals surface area (Å²) in [5.74, 6) is 1.02. The predicted molar refractivity (Wildman–Crippen MR) is 77.9 cm³/mol. The van der Waals surface area contributed by atoms with E-state index >= 15 is 0 Å². The molecule has 1 aliphatic carbocycles. The van der Waals surface area contributed by atoms with E-state index in [1.165, 1.54) is 0 Å². The summed E-state index contributed by atoms with van der Waals surface area (Å²) in [4.78, 5) is 20.0. The molecule has 1 aliphatic rings. The van der Waals surface area contributed by atoms with Crippen LogP contribution in [-0.4, -0.2) is 27.1 Å². The van der Waals surface area contributed by atoms with E-state index in [2.05, 4.69) is 29.1 Å². The Labute approximate surface area is 119 Å². The standard InChI is InChI=1S/C15H23N3O2/c1-9(2)14-16-10(3)7-13(18-14)17-12-6-4-5-11(8-12)15(19)20/h7,9,11-12H,4-6,8H2,1-3H3,(H,19,20)(H,16,17,18). The lowest BCUT2D eigenvalue weighted by atomic mass is 9.86. The molecule has 1 heterocycles. The van der Waals surface area contributed by atoms with Crippen LogP contribution < -0.4 is 5.32 Å². The lowest BCUT2D eigenvalue weighted by Crippen LogP contribution is -2.31. The van der Waals surface area contributed by atoms with Crippen molar-refractivity contribution in [3.8, 4) is 0 Å². The van der Waals surface area contributed by atoms with Crippen molar-refractivity contribution in [3.05, 3.63) is 17.6 Å². The van der Waals surface area contributed by atoms with E-state index in [-0.39, 0.29) is 17.9 Å². The zero-order chi connectivity index (χ0) is 14.7. The Morgan fingerprint density at radius 3 is 2.80 bits per heavy atom. The Bertz CT molecular complexity index is 488. The second-order valence-electron chi connectivity index (χ2n) is 5.95. The van der Waals surface area contributed by atoms with Gasteiger partial charge >= 0.3 is 5.97 Å². The maximum atomic E-state index is 11.1. The normalized spacial score (nSPS) is 22.8. The van der Waals surface area contributed by atoms with Crippen molar-refractivity contribution in [2.75, 3.05) is 5.32 Å². The van der Waals surface area contributed by atoms with Crippen LogP contribution in [0.15, 0.2) is 6.07 Å². The minimum Gasteiger partial charge on any atom is -0.481 e. The summed E-state index contributed by atoms with van der Waals surface area (Å²) in [7, 11) is 0. The Morgan fingerprint density at radius 2 is 2.15 bits per heavy atom. The average molecular weight is 277 g/mol. The third-order valence-electron chi connectivity index (χ3n) is 3.76. The number of carboxylic acids is 1. The molecule has 0 bridgehead atoms. The highest BCUT2D eigenvalue weighted by atomic mass is 16.4. The van der Waals surface area contributed by atoms with E-state index in [4.69, 9.17) is 5.11 Å². The monoisotopic (exact) mass is 277 g/mol. The van der Waals surface area contributed by atoms with Crippen molar-refractivity contribution in [2.24, 2.45) is 5.92 Å². The van der Waals surface area contributed by atoms with E-state index in [9.17, 15) is 4.79 Å². The van der Waals surface area contributed by atoms with E-state index in [1.807, 2.05) is 13.0 Å². The number of rotatable bonds is 4. The van der Waals surface area contributed by atoms with Crippen LogP contribution >= 0.6 is 0 Å². The number of hydrogen-bond donors (Lipinski definition) is 2. The van der Waals surface area contributed by atoms with Gasteiger partial charge in [0.15, 0.2) is 0 Å². The third kappa shape index (κ3) is 3.68. The molecule has 0 aliphatic heterocycles. The van der Waals surface area contributed by atoms with Crippen LogP contribution in [0.4, 0.5) is 5.82 Å². The van der Waals surface area contributed by atoms with Gasteiger partial charge in [-0.1, -0.05) is 20.3 Å². The van der Waals surface area contributed by atoms with Crippen LogP contribution in [0, 0.1) is 12.8 Å². The summed E-state index contributed by atoms with van der Waals surface area (Å²) in [5.41, 5.74) is 0.941. The fourth-order valence-corrected chi connectivity index (χ4v) is 2.68. The molecule has 5 heteroatoms. The van der Waals surface area contributed by atoms with Crippen molar-refractivity contribution in [1.82, 2.24) is 9.97 Å². The average Bonchev–Trinajstić information content (AvgIpc) is 2.38. The van der Waals surface area contributed by atoms with E-state index in [1.54, 1.807) is 0 Å². The molecule has 2 rings (SSSR count). The van der Waals surface area contributed by atoms with Gasteiger partial charge in [0.1, 0.15) is 11.6 Å². The Hall–Kier alpha value is -1.65. The van der Waals surface area contributed by atoms with Crippen LogP contribution in [0.5, 0.6) is 0 Å². The van der Waals surface area contributed by atoms with Crippen molar-refractivity contribution >= 4 is 11.8 Å². The summed E-state index contributed by atoms with van der Waals surface area (Å²) < 4.78 is 0. The van der Waals surface area contributed by atoms with Gasteiger partial charge in [0.2, 0.25) is 0 Å². The summed E-state index contributed by atoms with van der Waals surface area (Å²) in [6.45, 7) is 6.10. The van der Waals surface area contributed by atoms with Crippen LogP contribution in [-0.2, 0) is 4.79 Å². The highest BCUT2D eigenvalue weighted by molar-refractivity contribution is 5.70. The molecule has 20 heavy (non-hydrogen) atoms. The molecule has 110 valence electrons. The van der Waals surface area contributed by atoms with E-state index in [0.717, 1.165) is 36.6 Å². The second kappa shape index (κ2) is 6.20. The van der Waals surface area contributed by atoms with Gasteiger partial charge in [-0.15, -0.1) is 0 Å². The van der Waals surface area contributed by atoms with Crippen molar-refractivity contribution in [3.63, 3.8) is 0 Å². The quantitative estimate of drug-likeness (QED) is 0.885. The number of carboxylic acid groups (broad SMARTS) is 1. The molecular weight excluding hydrogens is 254 g/mol. The molecule has 1 saturated carbocycles. The van der Waals surface area contributed by atoms with E-state index < -0.39 is 5.97 Å². The molecule has 0 amide bonds. The molecule has 1 aromatic rings. The number of nitrogens with zero attached hydrogens (tertiary/aromatic N) is 2. The number of aromatic nitrogens is 2. The van der Waals surface area contributed by atoms with Crippen molar-refractivity contribution in [1.29, 1.82) is 0 Å². The Kier molecular flexibility index (Phi) is 4.57. The van der Waals surface area contributed by atoms with Crippen molar-refractivity contribution in [2.45, 2.75) is 58.4 Å². The lowest BCUT2D eigenvalue weighted by Gasteiger charge is -2.28. The van der Waals surface area contributed by atoms with E-state index in [0.29, 0.717) is 6.42 Å². The number of anilines is 1.